The third-order valence-corrected chi connectivity index (χ3v) is 3.75. The highest BCUT2D eigenvalue weighted by molar-refractivity contribution is 5.94. The molecule has 0 bridgehead atoms. The van der Waals surface area contributed by atoms with Crippen molar-refractivity contribution < 1.29 is 19.4 Å². The number of aromatic nitrogens is 2. The summed E-state index contributed by atoms with van der Waals surface area (Å²) in [6.07, 6.45) is 0. The Morgan fingerprint density at radius 1 is 1.00 bits per heavy atom. The van der Waals surface area contributed by atoms with Gasteiger partial charge in [-0.25, -0.2) is 4.79 Å². The van der Waals surface area contributed by atoms with E-state index in [4.69, 9.17) is 4.74 Å². The van der Waals surface area contributed by atoms with Crippen LogP contribution in [0.1, 0.15) is 10.4 Å². The van der Waals surface area contributed by atoms with Gasteiger partial charge in [-0.05, 0) is 48.5 Å². The summed E-state index contributed by atoms with van der Waals surface area (Å²) in [5, 5.41) is 21.4. The highest BCUT2D eigenvalue weighted by atomic mass is 16.5. The third-order valence-electron chi connectivity index (χ3n) is 3.75. The molecule has 0 radical (unpaired) electrons. The number of phenolic OH excluding ortho intramolecular Hbond substituents is 1. The Labute approximate surface area is 150 Å². The Morgan fingerprint density at radius 2 is 1.77 bits per heavy atom. The number of esters is 1. The lowest BCUT2D eigenvalue weighted by Gasteiger charge is -2.10. The normalized spacial score (nSPS) is 10.2. The van der Waals surface area contributed by atoms with Crippen LogP contribution in [0.2, 0.25) is 0 Å². The number of hydrogen-bond donors (Lipinski definition) is 2. The molecular formula is C19H17N3O4. The molecule has 0 aliphatic rings. The molecule has 3 rings (SSSR count). The van der Waals surface area contributed by atoms with Crippen LogP contribution in [-0.4, -0.2) is 35.5 Å². The van der Waals surface area contributed by atoms with Crippen LogP contribution in [0, 0.1) is 0 Å². The Balaban J connectivity index is 1.80. The largest absolute Gasteiger partial charge is 0.505 e. The Hall–Kier alpha value is -3.61. The van der Waals surface area contributed by atoms with Crippen molar-refractivity contribution in [3.63, 3.8) is 0 Å². The number of aromatic hydroxyl groups is 1. The van der Waals surface area contributed by atoms with Gasteiger partial charge in [0.15, 0.2) is 11.6 Å². The van der Waals surface area contributed by atoms with Crippen molar-refractivity contribution in [1.82, 2.24) is 10.2 Å². The van der Waals surface area contributed by atoms with Crippen molar-refractivity contribution in [3.8, 4) is 22.8 Å². The number of carbonyl (C=O) groups excluding carboxylic acids is 1. The maximum absolute atomic E-state index is 11.6. The maximum Gasteiger partial charge on any atom is 0.341 e. The summed E-state index contributed by atoms with van der Waals surface area (Å²) < 4.78 is 9.77. The average molecular weight is 351 g/mol. The van der Waals surface area contributed by atoms with Crippen molar-refractivity contribution in [1.29, 1.82) is 0 Å². The van der Waals surface area contributed by atoms with Gasteiger partial charge in [-0.1, -0.05) is 6.07 Å². The molecule has 0 amide bonds. The lowest BCUT2D eigenvalue weighted by Crippen LogP contribution is -2.03. The van der Waals surface area contributed by atoms with E-state index in [1.807, 2.05) is 24.3 Å². The highest BCUT2D eigenvalue weighted by Gasteiger charge is 2.15. The lowest BCUT2D eigenvalue weighted by molar-refractivity contribution is 0.0597. The maximum atomic E-state index is 11.6. The average Bonchev–Trinajstić information content (AvgIpc) is 2.69. The summed E-state index contributed by atoms with van der Waals surface area (Å²) in [5.41, 5.74) is 2.01. The molecular weight excluding hydrogens is 334 g/mol. The first-order valence-corrected chi connectivity index (χ1v) is 7.78. The number of rotatable bonds is 5. The number of carbonyl (C=O) groups is 1. The monoisotopic (exact) mass is 351 g/mol. The van der Waals surface area contributed by atoms with Gasteiger partial charge in [-0.15, -0.1) is 10.2 Å². The predicted molar refractivity (Wildman–Crippen MR) is 96.7 cm³/mol. The van der Waals surface area contributed by atoms with Crippen LogP contribution in [0.15, 0.2) is 54.6 Å². The molecule has 26 heavy (non-hydrogen) atoms. The summed E-state index contributed by atoms with van der Waals surface area (Å²) in [6.45, 7) is 0. The molecule has 2 N–H and O–H groups in total. The minimum Gasteiger partial charge on any atom is -0.505 e. The number of para-hydroxylation sites is 1. The van der Waals surface area contributed by atoms with Crippen LogP contribution in [-0.2, 0) is 4.74 Å². The molecule has 0 saturated heterocycles. The number of benzene rings is 2. The van der Waals surface area contributed by atoms with E-state index >= 15 is 0 Å². The Bertz CT molecular complexity index is 909. The molecule has 0 saturated carbocycles. The van der Waals surface area contributed by atoms with Crippen molar-refractivity contribution in [3.05, 3.63) is 60.2 Å². The first-order valence-electron chi connectivity index (χ1n) is 7.78. The topological polar surface area (TPSA) is 93.6 Å². The molecule has 132 valence electrons. The lowest BCUT2D eigenvalue weighted by atomic mass is 10.1. The van der Waals surface area contributed by atoms with Crippen molar-refractivity contribution >= 4 is 17.5 Å². The number of methoxy groups -OCH3 is 2. The second-order valence-electron chi connectivity index (χ2n) is 5.35. The van der Waals surface area contributed by atoms with Crippen LogP contribution in [0.4, 0.5) is 11.5 Å². The SMILES string of the molecule is COC(=O)c1cccc(Nc2ccc(-c3ccc(OC)cc3)nn2)c1O. The first-order chi connectivity index (χ1) is 12.6. The molecule has 7 heteroatoms. The van der Waals surface area contributed by atoms with Gasteiger partial charge < -0.3 is 19.9 Å². The second-order valence-corrected chi connectivity index (χ2v) is 5.35. The Kier molecular flexibility index (Phi) is 4.98. The zero-order valence-electron chi connectivity index (χ0n) is 14.3. The second kappa shape index (κ2) is 7.52. The molecule has 0 aliphatic heterocycles. The van der Waals surface area contributed by atoms with Crippen LogP contribution in [0.25, 0.3) is 11.3 Å². The quantitative estimate of drug-likeness (QED) is 0.537. The van der Waals surface area contributed by atoms with E-state index in [2.05, 4.69) is 20.3 Å². The van der Waals surface area contributed by atoms with Crippen molar-refractivity contribution in [2.75, 3.05) is 19.5 Å². The van der Waals surface area contributed by atoms with Gasteiger partial charge in [0, 0.05) is 5.56 Å². The molecule has 7 nitrogen and oxygen atoms in total. The van der Waals surface area contributed by atoms with Crippen LogP contribution >= 0.6 is 0 Å². The van der Waals surface area contributed by atoms with Crippen molar-refractivity contribution in [2.45, 2.75) is 0 Å². The molecule has 2 aromatic carbocycles. The van der Waals surface area contributed by atoms with Gasteiger partial charge in [0.1, 0.15) is 11.3 Å². The van der Waals surface area contributed by atoms with E-state index in [1.54, 1.807) is 31.4 Å². The van der Waals surface area contributed by atoms with E-state index in [0.29, 0.717) is 17.2 Å². The van der Waals surface area contributed by atoms with E-state index < -0.39 is 5.97 Å². The molecule has 1 heterocycles. The van der Waals surface area contributed by atoms with Crippen LogP contribution < -0.4 is 10.1 Å². The van der Waals surface area contributed by atoms with Gasteiger partial charge in [0.25, 0.3) is 0 Å². The van der Waals surface area contributed by atoms with Crippen LogP contribution in [0.5, 0.6) is 11.5 Å². The minimum atomic E-state index is -0.618. The predicted octanol–water partition coefficient (Wildman–Crippen LogP) is 3.39. The van der Waals surface area contributed by atoms with E-state index in [0.717, 1.165) is 11.3 Å². The van der Waals surface area contributed by atoms with E-state index in [1.165, 1.54) is 13.2 Å². The first kappa shape index (κ1) is 17.2. The Morgan fingerprint density at radius 3 is 2.38 bits per heavy atom. The fourth-order valence-corrected chi connectivity index (χ4v) is 2.37. The summed E-state index contributed by atoms with van der Waals surface area (Å²) >= 11 is 0. The number of ether oxygens (including phenoxy) is 2. The number of phenols is 1. The zero-order chi connectivity index (χ0) is 18.5. The molecule has 0 atom stereocenters. The number of nitrogens with one attached hydrogen (secondary N) is 1. The highest BCUT2D eigenvalue weighted by Crippen LogP contribution is 2.30. The molecule has 0 fully saturated rings. The smallest absolute Gasteiger partial charge is 0.341 e. The fourth-order valence-electron chi connectivity index (χ4n) is 2.37. The van der Waals surface area contributed by atoms with Gasteiger partial charge in [-0.2, -0.15) is 0 Å². The fraction of sp³-hybridized carbons (Fsp3) is 0.105. The minimum absolute atomic E-state index is 0.0697. The molecule has 3 aromatic rings. The number of anilines is 2. The number of hydrogen-bond acceptors (Lipinski definition) is 7. The molecule has 0 spiro atoms. The number of nitrogens with zero attached hydrogens (tertiary/aromatic N) is 2. The van der Waals surface area contributed by atoms with E-state index in [-0.39, 0.29) is 11.3 Å². The zero-order valence-corrected chi connectivity index (χ0v) is 14.3. The standard InChI is InChI=1S/C19H17N3O4/c1-25-13-8-6-12(7-9-13)15-10-11-17(22-21-15)20-16-5-3-4-14(18(16)23)19(24)26-2/h3-11,23H,1-2H3,(H,20,22). The van der Waals surface area contributed by atoms with Gasteiger partial charge in [0.2, 0.25) is 0 Å². The third kappa shape index (κ3) is 3.56. The van der Waals surface area contributed by atoms with Gasteiger partial charge >= 0.3 is 5.97 Å². The molecule has 0 unspecified atom stereocenters. The van der Waals surface area contributed by atoms with Gasteiger partial charge in [0.05, 0.1) is 25.6 Å². The summed E-state index contributed by atoms with van der Waals surface area (Å²) in [7, 11) is 2.87. The molecule has 0 aliphatic carbocycles. The summed E-state index contributed by atoms with van der Waals surface area (Å²) in [5.74, 6) is 0.369. The van der Waals surface area contributed by atoms with Gasteiger partial charge in [-0.3, -0.25) is 0 Å². The van der Waals surface area contributed by atoms with Crippen molar-refractivity contribution in [2.24, 2.45) is 0 Å². The summed E-state index contributed by atoms with van der Waals surface area (Å²) in [4.78, 5) is 11.6. The summed E-state index contributed by atoms with van der Waals surface area (Å²) in [6, 6.07) is 15.7. The molecule has 1 aromatic heterocycles. The van der Waals surface area contributed by atoms with Crippen LogP contribution in [0.3, 0.4) is 0 Å². The van der Waals surface area contributed by atoms with E-state index in [9.17, 15) is 9.90 Å².